The molecule has 7 heteroatoms. The lowest BCUT2D eigenvalue weighted by molar-refractivity contribution is -0.0353. The zero-order valence-corrected chi connectivity index (χ0v) is 16.2. The quantitative estimate of drug-likeness (QED) is 0.585. The molecule has 1 aliphatic rings. The fourth-order valence-electron chi connectivity index (χ4n) is 3.78. The second-order valence-electron chi connectivity index (χ2n) is 7.51. The summed E-state index contributed by atoms with van der Waals surface area (Å²) >= 11 is 0. The lowest BCUT2D eigenvalue weighted by Gasteiger charge is -2.13. The fourth-order valence-corrected chi connectivity index (χ4v) is 3.78. The Morgan fingerprint density at radius 1 is 1.17 bits per heavy atom. The summed E-state index contributed by atoms with van der Waals surface area (Å²) in [6.07, 6.45) is 3.68. The summed E-state index contributed by atoms with van der Waals surface area (Å²) in [5.74, 6) is 0.785. The highest BCUT2D eigenvalue weighted by molar-refractivity contribution is 5.72. The van der Waals surface area contributed by atoms with Crippen molar-refractivity contribution in [2.75, 3.05) is 6.61 Å². The van der Waals surface area contributed by atoms with Crippen LogP contribution in [0.5, 0.6) is 0 Å². The molecule has 6 nitrogen and oxygen atoms in total. The monoisotopic (exact) mass is 400 g/mol. The standard InChI is InChI=1S/C22H25FN2O4/c23-18-12-20(29-19(18)14-26)25-13-16-11-17(28-21(16)24-22(25)27)10-6-2-5-9-15-7-3-1-4-8-15/h1,3-4,7-8,11,13,18-20,26H,2,5-6,9-10,12,14H2/t18-,19+,20+/m0/s1. The van der Waals surface area contributed by atoms with E-state index in [1.165, 1.54) is 10.1 Å². The van der Waals surface area contributed by atoms with E-state index >= 15 is 0 Å². The normalized spacial score (nSPS) is 21.8. The number of alkyl halides is 1. The van der Waals surface area contributed by atoms with E-state index in [9.17, 15) is 9.18 Å². The number of furan rings is 1. The third-order valence-electron chi connectivity index (χ3n) is 5.37. The summed E-state index contributed by atoms with van der Waals surface area (Å²) in [6.45, 7) is -0.414. The molecule has 1 aliphatic heterocycles. The number of aryl methyl sites for hydroxylation is 2. The van der Waals surface area contributed by atoms with E-state index in [4.69, 9.17) is 14.3 Å². The Bertz CT molecular complexity index is 1000. The summed E-state index contributed by atoms with van der Waals surface area (Å²) in [6, 6.07) is 12.3. The number of hydrogen-bond donors (Lipinski definition) is 1. The molecule has 2 aromatic heterocycles. The fraction of sp³-hybridized carbons (Fsp3) is 0.455. The van der Waals surface area contributed by atoms with Gasteiger partial charge in [0, 0.05) is 19.0 Å². The molecule has 154 valence electrons. The minimum absolute atomic E-state index is 0.0183. The van der Waals surface area contributed by atoms with E-state index < -0.39 is 30.8 Å². The SMILES string of the molecule is O=c1nc2oc(CCCCCc3ccccc3)cc2cn1[C@H]1C[C@H](F)[C@@H](CO)O1. The highest BCUT2D eigenvalue weighted by atomic mass is 19.1. The van der Waals surface area contributed by atoms with Crippen LogP contribution in [0.3, 0.4) is 0 Å². The van der Waals surface area contributed by atoms with Crippen LogP contribution in [-0.4, -0.2) is 33.5 Å². The van der Waals surface area contributed by atoms with Gasteiger partial charge in [0.15, 0.2) is 0 Å². The largest absolute Gasteiger partial charge is 0.443 e. The molecule has 0 bridgehead atoms. The van der Waals surface area contributed by atoms with E-state index in [2.05, 4.69) is 29.2 Å². The van der Waals surface area contributed by atoms with Gasteiger partial charge in [0.25, 0.3) is 0 Å². The maximum absolute atomic E-state index is 13.8. The van der Waals surface area contributed by atoms with Crippen LogP contribution in [0.15, 0.2) is 51.8 Å². The maximum atomic E-state index is 13.8. The second-order valence-corrected chi connectivity index (χ2v) is 7.51. The number of nitrogens with zero attached hydrogens (tertiary/aromatic N) is 2. The molecule has 1 N–H and O–H groups in total. The Balaban J connectivity index is 1.36. The van der Waals surface area contributed by atoms with Gasteiger partial charge in [-0.15, -0.1) is 0 Å². The number of fused-ring (bicyclic) bond motifs is 1. The number of aliphatic hydroxyl groups is 1. The first-order valence-electron chi connectivity index (χ1n) is 10.1. The molecule has 0 spiro atoms. The summed E-state index contributed by atoms with van der Waals surface area (Å²) in [5, 5.41) is 9.84. The molecule has 4 rings (SSSR count). The van der Waals surface area contributed by atoms with Crippen molar-refractivity contribution >= 4 is 11.1 Å². The van der Waals surface area contributed by atoms with Crippen molar-refractivity contribution in [2.24, 2.45) is 0 Å². The highest BCUT2D eigenvalue weighted by Crippen LogP contribution is 2.30. The summed E-state index contributed by atoms with van der Waals surface area (Å²) in [4.78, 5) is 16.3. The van der Waals surface area contributed by atoms with Crippen molar-refractivity contribution in [3.63, 3.8) is 0 Å². The van der Waals surface area contributed by atoms with Crippen molar-refractivity contribution in [2.45, 2.75) is 57.0 Å². The summed E-state index contributed by atoms with van der Waals surface area (Å²) < 4.78 is 26.3. The first kappa shape index (κ1) is 19.8. The molecule has 1 fully saturated rings. The number of ether oxygens (including phenoxy) is 1. The number of benzene rings is 1. The Morgan fingerprint density at radius 2 is 1.97 bits per heavy atom. The van der Waals surface area contributed by atoms with Gasteiger partial charge in [0.1, 0.15) is 24.3 Å². The van der Waals surface area contributed by atoms with Crippen molar-refractivity contribution in [3.8, 4) is 0 Å². The van der Waals surface area contributed by atoms with Crippen LogP contribution in [0.25, 0.3) is 11.1 Å². The molecule has 3 aromatic rings. The van der Waals surface area contributed by atoms with Crippen LogP contribution < -0.4 is 5.69 Å². The van der Waals surface area contributed by atoms with Gasteiger partial charge in [-0.05, 0) is 30.9 Å². The first-order valence-corrected chi connectivity index (χ1v) is 10.1. The molecular weight excluding hydrogens is 375 g/mol. The minimum atomic E-state index is -1.30. The Morgan fingerprint density at radius 3 is 2.72 bits per heavy atom. The molecular formula is C22H25FN2O4. The zero-order chi connectivity index (χ0) is 20.2. The predicted octanol–water partition coefficient (Wildman–Crippen LogP) is 3.56. The average Bonchev–Trinajstić information content (AvgIpc) is 3.29. The van der Waals surface area contributed by atoms with Gasteiger partial charge in [0.05, 0.1) is 12.0 Å². The van der Waals surface area contributed by atoms with E-state index in [0.717, 1.165) is 37.9 Å². The number of aliphatic hydroxyl groups excluding tert-OH is 1. The van der Waals surface area contributed by atoms with Crippen LogP contribution in [-0.2, 0) is 17.6 Å². The van der Waals surface area contributed by atoms with E-state index in [1.807, 2.05) is 12.1 Å². The number of halogens is 1. The van der Waals surface area contributed by atoms with E-state index in [0.29, 0.717) is 11.1 Å². The number of unbranched alkanes of at least 4 members (excludes halogenated alkanes) is 2. The van der Waals surface area contributed by atoms with E-state index in [1.54, 1.807) is 6.20 Å². The maximum Gasteiger partial charge on any atom is 0.353 e. The van der Waals surface area contributed by atoms with Crippen molar-refractivity contribution in [3.05, 3.63) is 64.4 Å². The Hall–Kier alpha value is -2.51. The van der Waals surface area contributed by atoms with Crippen molar-refractivity contribution < 1.29 is 18.7 Å². The topological polar surface area (TPSA) is 77.5 Å². The second kappa shape index (κ2) is 8.88. The summed E-state index contributed by atoms with van der Waals surface area (Å²) in [7, 11) is 0. The highest BCUT2D eigenvalue weighted by Gasteiger charge is 2.36. The van der Waals surface area contributed by atoms with Crippen LogP contribution >= 0.6 is 0 Å². The number of rotatable bonds is 8. The van der Waals surface area contributed by atoms with Crippen LogP contribution in [0.4, 0.5) is 4.39 Å². The molecule has 3 heterocycles. The summed E-state index contributed by atoms with van der Waals surface area (Å²) in [5.41, 5.74) is 1.09. The lowest BCUT2D eigenvalue weighted by Crippen LogP contribution is -2.27. The Labute approximate surface area is 167 Å². The zero-order valence-electron chi connectivity index (χ0n) is 16.2. The molecule has 0 saturated carbocycles. The van der Waals surface area contributed by atoms with Gasteiger partial charge < -0.3 is 14.3 Å². The van der Waals surface area contributed by atoms with Crippen molar-refractivity contribution in [1.29, 1.82) is 0 Å². The molecule has 0 unspecified atom stereocenters. The Kier molecular flexibility index (Phi) is 6.06. The van der Waals surface area contributed by atoms with E-state index in [-0.39, 0.29) is 6.42 Å². The van der Waals surface area contributed by atoms with Crippen molar-refractivity contribution in [1.82, 2.24) is 9.55 Å². The van der Waals surface area contributed by atoms with Crippen LogP contribution in [0.1, 0.15) is 43.2 Å². The molecule has 1 saturated heterocycles. The van der Waals surface area contributed by atoms with Gasteiger partial charge in [0.2, 0.25) is 5.71 Å². The third kappa shape index (κ3) is 4.57. The third-order valence-corrected chi connectivity index (χ3v) is 5.37. The molecule has 1 aromatic carbocycles. The molecule has 0 aliphatic carbocycles. The molecule has 0 amide bonds. The lowest BCUT2D eigenvalue weighted by atomic mass is 10.1. The predicted molar refractivity (Wildman–Crippen MR) is 106 cm³/mol. The van der Waals surface area contributed by atoms with Crippen LogP contribution in [0.2, 0.25) is 0 Å². The van der Waals surface area contributed by atoms with Gasteiger partial charge in [-0.1, -0.05) is 36.8 Å². The average molecular weight is 400 g/mol. The molecule has 3 atom stereocenters. The van der Waals surface area contributed by atoms with Gasteiger partial charge >= 0.3 is 5.69 Å². The number of aromatic nitrogens is 2. The molecule has 29 heavy (non-hydrogen) atoms. The van der Waals surface area contributed by atoms with Crippen LogP contribution in [0, 0.1) is 0 Å². The number of hydrogen-bond acceptors (Lipinski definition) is 5. The minimum Gasteiger partial charge on any atom is -0.443 e. The van der Waals surface area contributed by atoms with Gasteiger partial charge in [-0.3, -0.25) is 4.57 Å². The van der Waals surface area contributed by atoms with Gasteiger partial charge in [-0.25, -0.2) is 9.18 Å². The molecule has 0 radical (unpaired) electrons. The smallest absolute Gasteiger partial charge is 0.353 e. The first-order chi connectivity index (χ1) is 14.1. The van der Waals surface area contributed by atoms with Gasteiger partial charge in [-0.2, -0.15) is 4.98 Å².